The number of hydrogen-bond acceptors (Lipinski definition) is 4. The minimum Gasteiger partial charge on any atom is -0.534 e. The van der Waals surface area contributed by atoms with Crippen molar-refractivity contribution in [2.45, 2.75) is 49.9 Å². The molecule has 1 aliphatic carbocycles. The van der Waals surface area contributed by atoms with Crippen LogP contribution in [0.3, 0.4) is 0 Å². The SMILES string of the molecule is O=C(O)c1cccc2c1OB(O)[C@@H](NC(=O)C1(c3ccccc3)CCCCC1)C2. The van der Waals surface area contributed by atoms with Gasteiger partial charge in [-0.05, 0) is 36.5 Å². The fourth-order valence-electron chi connectivity index (χ4n) is 4.58. The van der Waals surface area contributed by atoms with Crippen LogP contribution in [0.4, 0.5) is 0 Å². The summed E-state index contributed by atoms with van der Waals surface area (Å²) in [6.45, 7) is 0. The molecule has 2 aromatic carbocycles. The van der Waals surface area contributed by atoms with Crippen LogP contribution < -0.4 is 9.97 Å². The van der Waals surface area contributed by atoms with E-state index in [1.165, 1.54) is 6.07 Å². The Balaban J connectivity index is 1.59. The maximum atomic E-state index is 13.4. The number of aromatic carboxylic acids is 1. The fourth-order valence-corrected chi connectivity index (χ4v) is 4.58. The van der Waals surface area contributed by atoms with E-state index in [1.54, 1.807) is 12.1 Å². The first kappa shape index (κ1) is 19.5. The highest BCUT2D eigenvalue weighted by molar-refractivity contribution is 6.47. The molecule has 150 valence electrons. The minimum absolute atomic E-state index is 0.0133. The van der Waals surface area contributed by atoms with Crippen LogP contribution in [-0.2, 0) is 16.6 Å². The van der Waals surface area contributed by atoms with Crippen molar-refractivity contribution in [3.05, 3.63) is 65.2 Å². The zero-order valence-corrected chi connectivity index (χ0v) is 16.1. The highest BCUT2D eigenvalue weighted by Gasteiger charge is 2.45. The number of amides is 1. The lowest BCUT2D eigenvalue weighted by Gasteiger charge is -2.38. The second kappa shape index (κ2) is 7.91. The predicted molar refractivity (Wildman–Crippen MR) is 109 cm³/mol. The number of benzene rings is 2. The Morgan fingerprint density at radius 1 is 1.03 bits per heavy atom. The van der Waals surface area contributed by atoms with Crippen LogP contribution >= 0.6 is 0 Å². The molecule has 7 heteroatoms. The van der Waals surface area contributed by atoms with Gasteiger partial charge in [0.1, 0.15) is 5.75 Å². The van der Waals surface area contributed by atoms with E-state index in [4.69, 9.17) is 4.65 Å². The lowest BCUT2D eigenvalue weighted by atomic mass is 9.67. The third-order valence-electron chi connectivity index (χ3n) is 6.13. The van der Waals surface area contributed by atoms with E-state index >= 15 is 0 Å². The van der Waals surface area contributed by atoms with Crippen molar-refractivity contribution in [3.63, 3.8) is 0 Å². The van der Waals surface area contributed by atoms with Crippen LogP contribution in [0.25, 0.3) is 0 Å². The van der Waals surface area contributed by atoms with E-state index in [1.807, 2.05) is 30.3 Å². The van der Waals surface area contributed by atoms with Gasteiger partial charge in [-0.25, -0.2) is 4.79 Å². The smallest absolute Gasteiger partial charge is 0.534 e. The molecule has 0 aromatic heterocycles. The van der Waals surface area contributed by atoms with Crippen molar-refractivity contribution in [2.75, 3.05) is 0 Å². The standard InChI is InChI=1S/C22H24BNO5/c25-20(26)17-11-7-8-15-14-18(23(28)29-19(15)17)24-21(27)22(12-5-2-6-13-22)16-9-3-1-4-10-16/h1,3-4,7-11,18,28H,2,5-6,12-14H2,(H,24,27)(H,25,26)/t18-/m0/s1. The number of carboxylic acids is 1. The largest absolute Gasteiger partial charge is 0.547 e. The Morgan fingerprint density at radius 2 is 1.76 bits per heavy atom. The zero-order chi connectivity index (χ0) is 20.4. The summed E-state index contributed by atoms with van der Waals surface area (Å²) in [5.41, 5.74) is 1.07. The predicted octanol–water partition coefficient (Wildman–Crippen LogP) is 2.73. The summed E-state index contributed by atoms with van der Waals surface area (Å²) in [6.07, 6.45) is 4.93. The molecular formula is C22H24BNO5. The number of hydrogen-bond donors (Lipinski definition) is 3. The molecule has 2 aliphatic rings. The summed E-state index contributed by atoms with van der Waals surface area (Å²) < 4.78 is 5.52. The fraction of sp³-hybridized carbons (Fsp3) is 0.364. The first-order chi connectivity index (χ1) is 14.0. The number of fused-ring (bicyclic) bond motifs is 1. The molecule has 29 heavy (non-hydrogen) atoms. The minimum atomic E-state index is -1.30. The molecule has 4 rings (SSSR count). The number of rotatable bonds is 4. The van der Waals surface area contributed by atoms with Crippen LogP contribution in [0.15, 0.2) is 48.5 Å². The molecule has 1 heterocycles. The monoisotopic (exact) mass is 393 g/mol. The third-order valence-corrected chi connectivity index (χ3v) is 6.13. The van der Waals surface area contributed by atoms with Crippen molar-refractivity contribution in [3.8, 4) is 5.75 Å². The summed E-state index contributed by atoms with van der Waals surface area (Å²) in [7, 11) is -1.30. The van der Waals surface area contributed by atoms with Gasteiger partial charge in [0.25, 0.3) is 0 Å². The lowest BCUT2D eigenvalue weighted by Crippen LogP contribution is -2.57. The molecule has 1 amide bonds. The Labute approximate surface area is 170 Å². The van der Waals surface area contributed by atoms with Gasteiger partial charge in [0.15, 0.2) is 0 Å². The molecule has 0 unspecified atom stereocenters. The topological polar surface area (TPSA) is 95.9 Å². The average Bonchev–Trinajstić information content (AvgIpc) is 2.74. The Bertz CT molecular complexity index is 911. The average molecular weight is 393 g/mol. The van der Waals surface area contributed by atoms with Crippen LogP contribution in [-0.4, -0.2) is 35.1 Å². The molecular weight excluding hydrogens is 369 g/mol. The van der Waals surface area contributed by atoms with Gasteiger partial charge in [0.2, 0.25) is 5.91 Å². The highest BCUT2D eigenvalue weighted by Crippen LogP contribution is 2.40. The number of para-hydroxylation sites is 1. The zero-order valence-electron chi connectivity index (χ0n) is 16.1. The van der Waals surface area contributed by atoms with Crippen LogP contribution in [0, 0.1) is 0 Å². The van der Waals surface area contributed by atoms with Gasteiger partial charge in [-0.2, -0.15) is 0 Å². The Kier molecular flexibility index (Phi) is 5.32. The Morgan fingerprint density at radius 3 is 2.45 bits per heavy atom. The second-order valence-electron chi connectivity index (χ2n) is 7.90. The first-order valence-electron chi connectivity index (χ1n) is 10.1. The van der Waals surface area contributed by atoms with Gasteiger partial charge >= 0.3 is 13.1 Å². The van der Waals surface area contributed by atoms with Gasteiger partial charge in [-0.15, -0.1) is 0 Å². The quantitative estimate of drug-likeness (QED) is 0.695. The van der Waals surface area contributed by atoms with E-state index in [-0.39, 0.29) is 17.2 Å². The molecule has 0 saturated heterocycles. The van der Waals surface area contributed by atoms with Gasteiger partial charge in [0.05, 0.1) is 16.9 Å². The summed E-state index contributed by atoms with van der Waals surface area (Å²) in [5, 5.41) is 22.8. The van der Waals surface area contributed by atoms with Crippen molar-refractivity contribution in [1.82, 2.24) is 5.32 Å². The lowest BCUT2D eigenvalue weighted by molar-refractivity contribution is -0.128. The molecule has 1 fully saturated rings. The first-order valence-corrected chi connectivity index (χ1v) is 10.1. The maximum Gasteiger partial charge on any atom is 0.547 e. The van der Waals surface area contributed by atoms with Gasteiger partial charge in [-0.1, -0.05) is 61.7 Å². The van der Waals surface area contributed by atoms with Crippen molar-refractivity contribution < 1.29 is 24.4 Å². The molecule has 6 nitrogen and oxygen atoms in total. The summed E-state index contributed by atoms with van der Waals surface area (Å²) >= 11 is 0. The molecule has 1 atom stereocenters. The van der Waals surface area contributed by atoms with E-state index in [9.17, 15) is 19.7 Å². The van der Waals surface area contributed by atoms with E-state index in [2.05, 4.69) is 5.32 Å². The van der Waals surface area contributed by atoms with Gasteiger partial charge in [-0.3, -0.25) is 4.79 Å². The third kappa shape index (κ3) is 3.62. The van der Waals surface area contributed by atoms with E-state index in [0.29, 0.717) is 12.0 Å². The molecule has 0 bridgehead atoms. The molecule has 2 aromatic rings. The second-order valence-corrected chi connectivity index (χ2v) is 7.90. The summed E-state index contributed by atoms with van der Waals surface area (Å²) in [4.78, 5) is 24.9. The number of carbonyl (C=O) groups is 2. The van der Waals surface area contributed by atoms with E-state index in [0.717, 1.165) is 37.7 Å². The van der Waals surface area contributed by atoms with E-state index < -0.39 is 24.4 Å². The van der Waals surface area contributed by atoms with Crippen molar-refractivity contribution in [2.24, 2.45) is 0 Å². The van der Waals surface area contributed by atoms with Gasteiger partial charge < -0.3 is 20.1 Å². The summed E-state index contributed by atoms with van der Waals surface area (Å²) in [5.74, 6) is -1.68. The van der Waals surface area contributed by atoms with Gasteiger partial charge in [0, 0.05) is 0 Å². The van der Waals surface area contributed by atoms with Crippen LogP contribution in [0.1, 0.15) is 53.6 Å². The molecule has 0 radical (unpaired) electrons. The number of carboxylic acid groups (broad SMARTS) is 1. The Hall–Kier alpha value is -2.80. The van der Waals surface area contributed by atoms with Crippen molar-refractivity contribution >= 4 is 19.0 Å². The maximum absolute atomic E-state index is 13.4. The molecule has 0 spiro atoms. The van der Waals surface area contributed by atoms with Crippen LogP contribution in [0.5, 0.6) is 5.75 Å². The highest BCUT2D eigenvalue weighted by atomic mass is 16.5. The summed E-state index contributed by atoms with van der Waals surface area (Å²) in [6, 6.07) is 14.7. The van der Waals surface area contributed by atoms with Crippen molar-refractivity contribution in [1.29, 1.82) is 0 Å². The number of carbonyl (C=O) groups excluding carboxylic acids is 1. The molecule has 1 saturated carbocycles. The normalized spacial score (nSPS) is 20.3. The molecule has 1 aliphatic heterocycles. The molecule has 3 N–H and O–H groups in total. The van der Waals surface area contributed by atoms with Crippen LogP contribution in [0.2, 0.25) is 0 Å². The number of nitrogens with one attached hydrogen (secondary N) is 1.